The minimum atomic E-state index is -0.0797. The van der Waals surface area contributed by atoms with Crippen LogP contribution in [0.15, 0.2) is 186 Å². The van der Waals surface area contributed by atoms with Crippen LogP contribution in [-0.4, -0.2) is 0 Å². The van der Waals surface area contributed by atoms with E-state index in [1.54, 1.807) is 0 Å². The smallest absolute Gasteiger partial charge is 0.135 e. The summed E-state index contributed by atoms with van der Waals surface area (Å²) in [4.78, 5) is 0. The fraction of sp³-hybridized carbons (Fsp3) is 0.0526. The predicted octanol–water partition coefficient (Wildman–Crippen LogP) is 16.7. The van der Waals surface area contributed by atoms with Crippen LogP contribution in [0, 0.1) is 0 Å². The van der Waals surface area contributed by atoms with E-state index < -0.39 is 0 Å². The zero-order chi connectivity index (χ0) is 39.0. The third-order valence-corrected chi connectivity index (χ3v) is 14.5. The summed E-state index contributed by atoms with van der Waals surface area (Å²) >= 11 is 1.90. The number of rotatable bonds is 3. The quantitative estimate of drug-likeness (QED) is 0.163. The van der Waals surface area contributed by atoms with Crippen LogP contribution in [-0.2, 0) is 5.41 Å². The minimum Gasteiger partial charge on any atom is -0.456 e. The molecule has 0 bridgehead atoms. The number of thiophene rings is 1. The molecule has 0 amide bonds. The van der Waals surface area contributed by atoms with Gasteiger partial charge in [-0.3, -0.25) is 0 Å². The van der Waals surface area contributed by atoms with Gasteiger partial charge in [0.25, 0.3) is 0 Å². The molecule has 12 aromatic rings. The van der Waals surface area contributed by atoms with Crippen molar-refractivity contribution in [3.8, 4) is 44.5 Å². The molecule has 0 aliphatic heterocycles. The summed E-state index contributed by atoms with van der Waals surface area (Å²) in [7, 11) is 0. The number of benzene rings is 10. The molecule has 276 valence electrons. The number of hydrogen-bond acceptors (Lipinski definition) is 2. The van der Waals surface area contributed by atoms with Crippen molar-refractivity contribution in [1.29, 1.82) is 0 Å². The highest BCUT2D eigenvalue weighted by Crippen LogP contribution is 2.53. The van der Waals surface area contributed by atoms with E-state index in [2.05, 4.69) is 196 Å². The lowest BCUT2D eigenvalue weighted by molar-refractivity contribution is 0.666. The van der Waals surface area contributed by atoms with Crippen LogP contribution >= 0.6 is 11.3 Å². The lowest BCUT2D eigenvalue weighted by Gasteiger charge is -2.23. The van der Waals surface area contributed by atoms with Crippen molar-refractivity contribution in [2.45, 2.75) is 19.3 Å². The molecule has 0 fully saturated rings. The van der Waals surface area contributed by atoms with Crippen LogP contribution in [0.4, 0.5) is 0 Å². The third-order valence-electron chi connectivity index (χ3n) is 13.2. The summed E-state index contributed by atoms with van der Waals surface area (Å²) in [6, 6.07) is 67.5. The molecule has 0 radical (unpaired) electrons. The van der Waals surface area contributed by atoms with Crippen molar-refractivity contribution in [3.05, 3.63) is 193 Å². The van der Waals surface area contributed by atoms with Crippen molar-refractivity contribution in [2.24, 2.45) is 0 Å². The SMILES string of the molecule is CC1(C)c2ccc(-c3ccc4oc5ccc(-c6c7ccccc7c(-c7cccc8c7sc7ccccc78)c7ccccc67)cc5c4c3)cc2-c2ccc3ccccc3c21. The Morgan fingerprint density at radius 3 is 1.71 bits per heavy atom. The molecule has 0 unspecified atom stereocenters. The van der Waals surface area contributed by atoms with E-state index in [1.165, 1.54) is 108 Å². The second kappa shape index (κ2) is 12.0. The Hall–Kier alpha value is -7.00. The topological polar surface area (TPSA) is 13.1 Å². The molecule has 0 spiro atoms. The van der Waals surface area contributed by atoms with Gasteiger partial charge < -0.3 is 4.42 Å². The average molecular weight is 769 g/mol. The normalized spacial score (nSPS) is 13.4. The van der Waals surface area contributed by atoms with Crippen molar-refractivity contribution >= 4 is 85.8 Å². The lowest BCUT2D eigenvalue weighted by Crippen LogP contribution is -2.15. The molecule has 2 heteroatoms. The van der Waals surface area contributed by atoms with E-state index in [-0.39, 0.29) is 5.41 Å². The van der Waals surface area contributed by atoms with Crippen molar-refractivity contribution in [3.63, 3.8) is 0 Å². The third kappa shape index (κ3) is 4.61. The van der Waals surface area contributed by atoms with Crippen molar-refractivity contribution in [1.82, 2.24) is 0 Å². The fourth-order valence-electron chi connectivity index (χ4n) is 10.6. The van der Waals surface area contributed by atoms with Gasteiger partial charge >= 0.3 is 0 Å². The molecule has 1 aliphatic carbocycles. The van der Waals surface area contributed by atoms with E-state index in [4.69, 9.17) is 4.42 Å². The first kappa shape index (κ1) is 33.0. The monoisotopic (exact) mass is 768 g/mol. The Morgan fingerprint density at radius 1 is 0.390 bits per heavy atom. The van der Waals surface area contributed by atoms with E-state index in [0.717, 1.165) is 21.9 Å². The molecule has 13 rings (SSSR count). The summed E-state index contributed by atoms with van der Waals surface area (Å²) in [5.41, 5.74) is 14.7. The van der Waals surface area contributed by atoms with Crippen molar-refractivity contribution in [2.75, 3.05) is 0 Å². The van der Waals surface area contributed by atoms with Crippen LogP contribution in [0.2, 0.25) is 0 Å². The summed E-state index contributed by atoms with van der Waals surface area (Å²) in [6.45, 7) is 4.74. The lowest BCUT2D eigenvalue weighted by atomic mass is 9.80. The van der Waals surface area contributed by atoms with Gasteiger partial charge in [-0.2, -0.15) is 0 Å². The molecule has 0 saturated carbocycles. The van der Waals surface area contributed by atoms with Gasteiger partial charge in [0.2, 0.25) is 0 Å². The first-order valence-electron chi connectivity index (χ1n) is 20.5. The van der Waals surface area contributed by atoms with Crippen LogP contribution in [0.25, 0.3) is 119 Å². The number of hydrogen-bond donors (Lipinski definition) is 0. The van der Waals surface area contributed by atoms with E-state index in [0.29, 0.717) is 0 Å². The van der Waals surface area contributed by atoms with Gasteiger partial charge in [0.05, 0.1) is 0 Å². The first-order chi connectivity index (χ1) is 29.0. The van der Waals surface area contributed by atoms with Gasteiger partial charge in [-0.15, -0.1) is 11.3 Å². The first-order valence-corrected chi connectivity index (χ1v) is 21.3. The fourth-order valence-corrected chi connectivity index (χ4v) is 11.8. The van der Waals surface area contributed by atoms with Crippen LogP contribution in [0.3, 0.4) is 0 Å². The number of fused-ring (bicyclic) bond motifs is 13. The van der Waals surface area contributed by atoms with Crippen molar-refractivity contribution < 1.29 is 4.42 Å². The Bertz CT molecular complexity index is 3710. The maximum absolute atomic E-state index is 6.54. The predicted molar refractivity (Wildman–Crippen MR) is 253 cm³/mol. The largest absolute Gasteiger partial charge is 0.456 e. The highest BCUT2D eigenvalue weighted by Gasteiger charge is 2.37. The number of furan rings is 1. The second-order valence-corrected chi connectivity index (χ2v) is 17.8. The molecule has 10 aromatic carbocycles. The molecule has 0 atom stereocenters. The highest BCUT2D eigenvalue weighted by atomic mass is 32.1. The van der Waals surface area contributed by atoms with Gasteiger partial charge in [-0.25, -0.2) is 0 Å². The van der Waals surface area contributed by atoms with Crippen LogP contribution in [0.5, 0.6) is 0 Å². The van der Waals surface area contributed by atoms with E-state index >= 15 is 0 Å². The maximum Gasteiger partial charge on any atom is 0.135 e. The minimum absolute atomic E-state index is 0.0797. The zero-order valence-corrected chi connectivity index (χ0v) is 33.5. The molecular weight excluding hydrogens is 733 g/mol. The molecular formula is C57H36OS. The molecule has 1 nitrogen and oxygen atoms in total. The summed E-state index contributed by atoms with van der Waals surface area (Å²) in [5.74, 6) is 0. The molecule has 2 aromatic heterocycles. The van der Waals surface area contributed by atoms with Gasteiger partial charge in [0.1, 0.15) is 11.2 Å². The summed E-state index contributed by atoms with van der Waals surface area (Å²) < 4.78 is 9.20. The standard InChI is InChI=1S/C57H36OS/c1-57(2)49-27-23-34(30-46(49)43-26-22-33-12-3-4-13-37(33)55(43)57)35-24-28-50-47(31-35)48-32-36(25-29-51(48)58-50)53-39-15-5-7-17-41(39)54(42-18-8-6-16-40(42)53)45-20-11-19-44-38-14-9-10-21-52(38)59-56(44)45/h3-32H,1-2H3. The average Bonchev–Trinajstić information content (AvgIpc) is 3.92. The van der Waals surface area contributed by atoms with E-state index in [1.807, 2.05) is 11.3 Å². The van der Waals surface area contributed by atoms with Gasteiger partial charge in [-0.1, -0.05) is 159 Å². The van der Waals surface area contributed by atoms with Gasteiger partial charge in [0.15, 0.2) is 0 Å². The molecule has 0 N–H and O–H groups in total. The Labute approximate surface area is 345 Å². The Kier molecular flexibility index (Phi) is 6.73. The summed E-state index contributed by atoms with van der Waals surface area (Å²) in [5, 5.41) is 12.6. The van der Waals surface area contributed by atoms with E-state index in [9.17, 15) is 0 Å². The Morgan fingerprint density at radius 2 is 0.966 bits per heavy atom. The van der Waals surface area contributed by atoms with Crippen LogP contribution < -0.4 is 0 Å². The molecule has 2 heterocycles. The van der Waals surface area contributed by atoms with Gasteiger partial charge in [-0.05, 0) is 119 Å². The van der Waals surface area contributed by atoms with Crippen LogP contribution in [0.1, 0.15) is 25.0 Å². The highest BCUT2D eigenvalue weighted by molar-refractivity contribution is 7.26. The summed E-state index contributed by atoms with van der Waals surface area (Å²) in [6.07, 6.45) is 0. The maximum atomic E-state index is 6.54. The molecule has 0 saturated heterocycles. The molecule has 1 aliphatic rings. The van der Waals surface area contributed by atoms with Gasteiger partial charge in [0, 0.05) is 41.9 Å². The molecule has 59 heavy (non-hydrogen) atoms. The second-order valence-electron chi connectivity index (χ2n) is 16.7. The zero-order valence-electron chi connectivity index (χ0n) is 32.6. The Balaban J connectivity index is 0.993.